The van der Waals surface area contributed by atoms with E-state index >= 15 is 0 Å². The van der Waals surface area contributed by atoms with Gasteiger partial charge in [0.05, 0.1) is 0 Å². The Labute approximate surface area is 167 Å². The first kappa shape index (κ1) is 21.5. The molecule has 0 spiro atoms. The van der Waals surface area contributed by atoms with E-state index in [1.807, 2.05) is 74.5 Å². The molecule has 0 aliphatic rings. The van der Waals surface area contributed by atoms with Crippen LogP contribution in [0, 0.1) is 0 Å². The molecule has 150 valence electrons. The quantitative estimate of drug-likeness (QED) is 0.648. The molecule has 0 aromatic heterocycles. The molecule has 0 fully saturated rings. The third kappa shape index (κ3) is 6.72. The highest BCUT2D eigenvalue weighted by atomic mass is 16.5. The van der Waals surface area contributed by atoms with E-state index in [-0.39, 0.29) is 18.4 Å². The summed E-state index contributed by atoms with van der Waals surface area (Å²) in [5, 5.41) is 2.92. The van der Waals surface area contributed by atoms with Crippen LogP contribution in [0.15, 0.2) is 60.7 Å². The Morgan fingerprint density at radius 3 is 2.25 bits per heavy atom. The van der Waals surface area contributed by atoms with Crippen molar-refractivity contribution in [2.45, 2.75) is 39.2 Å². The highest BCUT2D eigenvalue weighted by Crippen LogP contribution is 2.12. The number of rotatable bonds is 11. The maximum absolute atomic E-state index is 12.9. The fraction of sp³-hybridized carbons (Fsp3) is 0.391. The van der Waals surface area contributed by atoms with Crippen molar-refractivity contribution in [2.24, 2.45) is 0 Å². The van der Waals surface area contributed by atoms with Gasteiger partial charge in [0.2, 0.25) is 5.91 Å². The van der Waals surface area contributed by atoms with Gasteiger partial charge in [0, 0.05) is 13.1 Å². The molecule has 1 N–H and O–H groups in total. The molecule has 1 unspecified atom stereocenters. The standard InChI is InChI=1S/C23H30N2O3/c1-3-16-24-23(27)21(4-2)25(17-15-19-11-7-5-8-12-19)22(26)18-28-20-13-9-6-10-14-20/h5-14,21H,3-4,15-18H2,1-2H3,(H,24,27). The van der Waals surface area contributed by atoms with Crippen LogP contribution in [0.1, 0.15) is 32.3 Å². The zero-order valence-electron chi connectivity index (χ0n) is 16.8. The lowest BCUT2D eigenvalue weighted by molar-refractivity contribution is -0.142. The van der Waals surface area contributed by atoms with Crippen molar-refractivity contribution >= 4 is 11.8 Å². The number of hydrogen-bond acceptors (Lipinski definition) is 3. The highest BCUT2D eigenvalue weighted by Gasteiger charge is 2.28. The molecule has 2 amide bonds. The lowest BCUT2D eigenvalue weighted by Crippen LogP contribution is -2.51. The van der Waals surface area contributed by atoms with Gasteiger partial charge < -0.3 is 15.0 Å². The summed E-state index contributed by atoms with van der Waals surface area (Å²) in [6.07, 6.45) is 2.11. The zero-order chi connectivity index (χ0) is 20.2. The van der Waals surface area contributed by atoms with Gasteiger partial charge in [0.1, 0.15) is 11.8 Å². The van der Waals surface area contributed by atoms with E-state index < -0.39 is 6.04 Å². The molecule has 2 rings (SSSR count). The first-order valence-corrected chi connectivity index (χ1v) is 9.94. The van der Waals surface area contributed by atoms with Crippen molar-refractivity contribution in [3.05, 3.63) is 66.2 Å². The Morgan fingerprint density at radius 1 is 1.00 bits per heavy atom. The fourth-order valence-electron chi connectivity index (χ4n) is 3.01. The predicted octanol–water partition coefficient (Wildman–Crippen LogP) is 3.44. The minimum atomic E-state index is -0.498. The van der Waals surface area contributed by atoms with Crippen molar-refractivity contribution < 1.29 is 14.3 Å². The fourth-order valence-corrected chi connectivity index (χ4v) is 3.01. The number of nitrogens with zero attached hydrogens (tertiary/aromatic N) is 1. The van der Waals surface area contributed by atoms with E-state index in [4.69, 9.17) is 4.74 Å². The maximum atomic E-state index is 12.9. The smallest absolute Gasteiger partial charge is 0.261 e. The van der Waals surface area contributed by atoms with Crippen molar-refractivity contribution in [3.8, 4) is 5.75 Å². The average Bonchev–Trinajstić information content (AvgIpc) is 2.74. The van der Waals surface area contributed by atoms with Gasteiger partial charge in [-0.25, -0.2) is 0 Å². The SMILES string of the molecule is CCCNC(=O)C(CC)N(CCc1ccccc1)C(=O)COc1ccccc1. The van der Waals surface area contributed by atoms with Gasteiger partial charge in [-0.1, -0.05) is 62.4 Å². The van der Waals surface area contributed by atoms with Crippen LogP contribution in [0.2, 0.25) is 0 Å². The Morgan fingerprint density at radius 2 is 1.64 bits per heavy atom. The van der Waals surface area contributed by atoms with E-state index in [0.29, 0.717) is 31.7 Å². The van der Waals surface area contributed by atoms with Crippen LogP contribution >= 0.6 is 0 Å². The number of nitrogens with one attached hydrogen (secondary N) is 1. The van der Waals surface area contributed by atoms with Crippen LogP contribution in [-0.2, 0) is 16.0 Å². The molecule has 0 bridgehead atoms. The predicted molar refractivity (Wildman–Crippen MR) is 111 cm³/mol. The van der Waals surface area contributed by atoms with Crippen LogP contribution in [0.4, 0.5) is 0 Å². The largest absolute Gasteiger partial charge is 0.484 e. The number of para-hydroxylation sites is 1. The molecule has 5 nitrogen and oxygen atoms in total. The minimum absolute atomic E-state index is 0.0869. The Hall–Kier alpha value is -2.82. The lowest BCUT2D eigenvalue weighted by atomic mass is 10.1. The first-order chi connectivity index (χ1) is 13.7. The molecule has 1 atom stereocenters. The summed E-state index contributed by atoms with van der Waals surface area (Å²) in [4.78, 5) is 27.2. The van der Waals surface area contributed by atoms with Crippen molar-refractivity contribution in [2.75, 3.05) is 19.7 Å². The van der Waals surface area contributed by atoms with E-state index in [1.54, 1.807) is 4.90 Å². The molecule has 0 aliphatic carbocycles. The molecule has 28 heavy (non-hydrogen) atoms. The number of carbonyl (C=O) groups is 2. The number of benzene rings is 2. The van der Waals surface area contributed by atoms with E-state index in [0.717, 1.165) is 12.0 Å². The molecule has 0 saturated carbocycles. The molecular weight excluding hydrogens is 352 g/mol. The second-order valence-electron chi connectivity index (χ2n) is 6.64. The number of hydrogen-bond donors (Lipinski definition) is 1. The highest BCUT2D eigenvalue weighted by molar-refractivity contribution is 5.88. The average molecular weight is 383 g/mol. The van der Waals surface area contributed by atoms with Crippen LogP contribution in [0.25, 0.3) is 0 Å². The van der Waals surface area contributed by atoms with Gasteiger partial charge in [0.25, 0.3) is 5.91 Å². The summed E-state index contributed by atoms with van der Waals surface area (Å²) < 4.78 is 5.63. The van der Waals surface area contributed by atoms with Gasteiger partial charge in [-0.2, -0.15) is 0 Å². The van der Waals surface area contributed by atoms with Gasteiger partial charge in [-0.05, 0) is 37.0 Å². The summed E-state index contributed by atoms with van der Waals surface area (Å²) in [6, 6.07) is 18.7. The van der Waals surface area contributed by atoms with Crippen LogP contribution < -0.4 is 10.1 Å². The van der Waals surface area contributed by atoms with Crippen molar-refractivity contribution in [3.63, 3.8) is 0 Å². The summed E-state index contributed by atoms with van der Waals surface area (Å²) in [7, 11) is 0. The number of amides is 2. The maximum Gasteiger partial charge on any atom is 0.261 e. The van der Waals surface area contributed by atoms with Crippen LogP contribution in [0.3, 0.4) is 0 Å². The molecule has 2 aromatic carbocycles. The van der Waals surface area contributed by atoms with Crippen molar-refractivity contribution in [1.82, 2.24) is 10.2 Å². The topological polar surface area (TPSA) is 58.6 Å². The molecule has 0 saturated heterocycles. The molecule has 0 heterocycles. The molecule has 2 aromatic rings. The Kier molecular flexibility index (Phi) is 9.05. The van der Waals surface area contributed by atoms with Gasteiger partial charge >= 0.3 is 0 Å². The normalized spacial score (nSPS) is 11.5. The second kappa shape index (κ2) is 11.8. The van der Waals surface area contributed by atoms with Gasteiger partial charge in [-0.3, -0.25) is 9.59 Å². The summed E-state index contributed by atoms with van der Waals surface area (Å²) >= 11 is 0. The zero-order valence-corrected chi connectivity index (χ0v) is 16.8. The van der Waals surface area contributed by atoms with E-state index in [1.165, 1.54) is 0 Å². The molecular formula is C23H30N2O3. The molecule has 5 heteroatoms. The monoisotopic (exact) mass is 382 g/mol. The van der Waals surface area contributed by atoms with Crippen LogP contribution in [0.5, 0.6) is 5.75 Å². The molecule has 0 aliphatic heterocycles. The van der Waals surface area contributed by atoms with E-state index in [2.05, 4.69) is 5.32 Å². The Bertz CT molecular complexity index is 719. The summed E-state index contributed by atoms with van der Waals surface area (Å²) in [6.45, 7) is 4.93. The van der Waals surface area contributed by atoms with E-state index in [9.17, 15) is 9.59 Å². The lowest BCUT2D eigenvalue weighted by Gasteiger charge is -2.30. The minimum Gasteiger partial charge on any atom is -0.484 e. The van der Waals surface area contributed by atoms with Gasteiger partial charge in [0.15, 0.2) is 6.61 Å². The van der Waals surface area contributed by atoms with Crippen LogP contribution in [-0.4, -0.2) is 42.5 Å². The number of carbonyl (C=O) groups excluding carboxylic acids is 2. The summed E-state index contributed by atoms with van der Waals surface area (Å²) in [5.41, 5.74) is 1.13. The summed E-state index contributed by atoms with van der Waals surface area (Å²) in [5.74, 6) is 0.353. The second-order valence-corrected chi connectivity index (χ2v) is 6.64. The third-order valence-electron chi connectivity index (χ3n) is 4.52. The van der Waals surface area contributed by atoms with Gasteiger partial charge in [-0.15, -0.1) is 0 Å². The van der Waals surface area contributed by atoms with Crippen molar-refractivity contribution in [1.29, 1.82) is 0 Å². The number of ether oxygens (including phenoxy) is 1. The first-order valence-electron chi connectivity index (χ1n) is 9.94. The molecule has 0 radical (unpaired) electrons. The Balaban J connectivity index is 2.08. The third-order valence-corrected chi connectivity index (χ3v) is 4.52.